The number of nitrogens with one attached hydrogen (secondary N) is 1. The standard InChI is InChI=1S/C21H32N6O3S.HI/c1-3-22-21(23-10-11-25(2)17-19-7-5-4-6-8-19)26-12-14-27(15-13-26)31(28,29)18-20-9-16-30-24-20;/h4-9,16H,3,10-15,17-18H2,1-2H3,(H,22,23);1H. The van der Waals surface area contributed by atoms with Gasteiger partial charge in [0.2, 0.25) is 10.0 Å². The zero-order chi connectivity index (χ0) is 22.1. The minimum Gasteiger partial charge on any atom is -0.364 e. The van der Waals surface area contributed by atoms with E-state index in [9.17, 15) is 8.42 Å². The van der Waals surface area contributed by atoms with E-state index in [1.54, 1.807) is 6.07 Å². The van der Waals surface area contributed by atoms with E-state index in [1.807, 2.05) is 13.0 Å². The Morgan fingerprint density at radius 2 is 1.91 bits per heavy atom. The second-order valence-electron chi connectivity index (χ2n) is 7.59. The van der Waals surface area contributed by atoms with Crippen LogP contribution in [0.15, 0.2) is 52.2 Å². The minimum atomic E-state index is -3.41. The Bertz CT molecular complexity index is 916. The molecular weight excluding hydrogens is 543 g/mol. The Morgan fingerprint density at radius 3 is 2.53 bits per heavy atom. The van der Waals surface area contributed by atoms with Gasteiger partial charge in [0, 0.05) is 51.9 Å². The Hall–Kier alpha value is -1.70. The maximum Gasteiger partial charge on any atom is 0.220 e. The second kappa shape index (κ2) is 13.1. The maximum absolute atomic E-state index is 12.6. The molecule has 1 aliphatic rings. The summed E-state index contributed by atoms with van der Waals surface area (Å²) in [5.41, 5.74) is 1.71. The first kappa shape index (κ1) is 26.6. The monoisotopic (exact) mass is 576 g/mol. The Labute approximate surface area is 207 Å². The van der Waals surface area contributed by atoms with Gasteiger partial charge in [-0.15, -0.1) is 24.0 Å². The van der Waals surface area contributed by atoms with E-state index in [2.05, 4.69) is 51.6 Å². The number of benzene rings is 1. The third kappa shape index (κ3) is 8.01. The van der Waals surface area contributed by atoms with Crippen LogP contribution in [0.1, 0.15) is 18.2 Å². The third-order valence-corrected chi connectivity index (χ3v) is 6.94. The number of rotatable bonds is 9. The van der Waals surface area contributed by atoms with Crippen LogP contribution in [-0.4, -0.2) is 86.5 Å². The van der Waals surface area contributed by atoms with Crippen molar-refractivity contribution < 1.29 is 12.9 Å². The fourth-order valence-corrected chi connectivity index (χ4v) is 4.92. The SMILES string of the molecule is CCNC(=NCCN(C)Cc1ccccc1)N1CCN(S(=O)(=O)Cc2ccon2)CC1.I. The minimum absolute atomic E-state index is 0. The van der Waals surface area contributed by atoms with Gasteiger partial charge in [-0.1, -0.05) is 35.5 Å². The molecule has 32 heavy (non-hydrogen) atoms. The predicted molar refractivity (Wildman–Crippen MR) is 136 cm³/mol. The van der Waals surface area contributed by atoms with Crippen molar-refractivity contribution in [2.24, 2.45) is 4.99 Å². The lowest BCUT2D eigenvalue weighted by Crippen LogP contribution is -2.54. The highest BCUT2D eigenvalue weighted by Gasteiger charge is 2.28. The van der Waals surface area contributed by atoms with E-state index >= 15 is 0 Å². The van der Waals surface area contributed by atoms with Gasteiger partial charge in [0.15, 0.2) is 5.96 Å². The molecule has 2 aromatic rings. The first-order chi connectivity index (χ1) is 15.0. The van der Waals surface area contributed by atoms with Gasteiger partial charge in [0.05, 0.1) is 12.2 Å². The Balaban J connectivity index is 0.00000363. The van der Waals surface area contributed by atoms with Gasteiger partial charge in [0.25, 0.3) is 0 Å². The second-order valence-corrected chi connectivity index (χ2v) is 9.56. The first-order valence-corrected chi connectivity index (χ1v) is 12.2. The van der Waals surface area contributed by atoms with Crippen LogP contribution in [0, 0.1) is 0 Å². The normalized spacial score (nSPS) is 15.6. The highest BCUT2D eigenvalue weighted by atomic mass is 127. The van der Waals surface area contributed by atoms with Gasteiger partial charge < -0.3 is 19.6 Å². The molecule has 0 aliphatic carbocycles. The molecule has 3 rings (SSSR count). The molecule has 0 atom stereocenters. The molecule has 1 aromatic heterocycles. The van der Waals surface area contributed by atoms with E-state index in [-0.39, 0.29) is 29.7 Å². The summed E-state index contributed by atoms with van der Waals surface area (Å²) in [5, 5.41) is 7.05. The molecule has 0 bridgehead atoms. The molecule has 1 N–H and O–H groups in total. The van der Waals surface area contributed by atoms with Crippen LogP contribution in [0.3, 0.4) is 0 Å². The molecular formula is C21H33IN6O3S. The van der Waals surface area contributed by atoms with Crippen molar-refractivity contribution in [1.29, 1.82) is 0 Å². The molecule has 2 heterocycles. The zero-order valence-corrected chi connectivity index (χ0v) is 21.8. The number of halogens is 1. The van der Waals surface area contributed by atoms with Crippen molar-refractivity contribution in [3.63, 3.8) is 0 Å². The van der Waals surface area contributed by atoms with Crippen LogP contribution in [0.2, 0.25) is 0 Å². The lowest BCUT2D eigenvalue weighted by atomic mass is 10.2. The lowest BCUT2D eigenvalue weighted by molar-refractivity contribution is 0.259. The van der Waals surface area contributed by atoms with Gasteiger partial charge >= 0.3 is 0 Å². The van der Waals surface area contributed by atoms with Gasteiger partial charge in [-0.05, 0) is 19.5 Å². The van der Waals surface area contributed by atoms with E-state index in [0.717, 1.165) is 25.6 Å². The van der Waals surface area contributed by atoms with Crippen molar-refractivity contribution in [2.75, 3.05) is 52.9 Å². The predicted octanol–water partition coefficient (Wildman–Crippen LogP) is 1.84. The fraction of sp³-hybridized carbons (Fsp3) is 0.524. The highest BCUT2D eigenvalue weighted by molar-refractivity contribution is 14.0. The number of sulfonamides is 1. The molecule has 0 saturated carbocycles. The number of likely N-dealkylation sites (N-methyl/N-ethyl adjacent to an activating group) is 1. The van der Waals surface area contributed by atoms with Crippen LogP contribution in [0.25, 0.3) is 0 Å². The fourth-order valence-electron chi connectivity index (χ4n) is 3.49. The van der Waals surface area contributed by atoms with Gasteiger partial charge in [0.1, 0.15) is 12.0 Å². The van der Waals surface area contributed by atoms with Crippen molar-refractivity contribution in [1.82, 2.24) is 24.6 Å². The number of nitrogens with zero attached hydrogens (tertiary/aromatic N) is 5. The van der Waals surface area contributed by atoms with E-state index in [4.69, 9.17) is 9.52 Å². The summed E-state index contributed by atoms with van der Waals surface area (Å²) in [6.07, 6.45) is 1.39. The van der Waals surface area contributed by atoms with E-state index < -0.39 is 10.0 Å². The van der Waals surface area contributed by atoms with Crippen molar-refractivity contribution in [2.45, 2.75) is 19.2 Å². The molecule has 0 amide bonds. The number of aliphatic imine (C=N–C) groups is 1. The average molecular weight is 577 g/mol. The third-order valence-electron chi connectivity index (χ3n) is 5.13. The summed E-state index contributed by atoms with van der Waals surface area (Å²) >= 11 is 0. The number of piperazine rings is 1. The molecule has 1 aromatic carbocycles. The summed E-state index contributed by atoms with van der Waals surface area (Å²) in [7, 11) is -1.32. The molecule has 1 fully saturated rings. The summed E-state index contributed by atoms with van der Waals surface area (Å²) in [6.45, 7) is 7.27. The first-order valence-electron chi connectivity index (χ1n) is 10.6. The average Bonchev–Trinajstić information content (AvgIpc) is 3.26. The van der Waals surface area contributed by atoms with E-state index in [1.165, 1.54) is 16.1 Å². The van der Waals surface area contributed by atoms with Gasteiger partial charge in [-0.25, -0.2) is 8.42 Å². The molecule has 11 heteroatoms. The van der Waals surface area contributed by atoms with Gasteiger partial charge in [-0.3, -0.25) is 4.99 Å². The Morgan fingerprint density at radius 1 is 1.19 bits per heavy atom. The maximum atomic E-state index is 12.6. The summed E-state index contributed by atoms with van der Waals surface area (Å²) in [4.78, 5) is 9.14. The zero-order valence-electron chi connectivity index (χ0n) is 18.7. The van der Waals surface area contributed by atoms with Gasteiger partial charge in [-0.2, -0.15) is 4.31 Å². The van der Waals surface area contributed by atoms with E-state index in [0.29, 0.717) is 38.4 Å². The van der Waals surface area contributed by atoms with Crippen LogP contribution in [-0.2, 0) is 22.3 Å². The number of guanidine groups is 1. The molecule has 1 saturated heterocycles. The van der Waals surface area contributed by atoms with Crippen molar-refractivity contribution in [3.05, 3.63) is 53.9 Å². The topological polar surface area (TPSA) is 94.3 Å². The number of hydrogen-bond acceptors (Lipinski definition) is 6. The summed E-state index contributed by atoms with van der Waals surface area (Å²) in [5.74, 6) is 0.704. The molecule has 1 aliphatic heterocycles. The number of hydrogen-bond donors (Lipinski definition) is 1. The molecule has 0 radical (unpaired) electrons. The van der Waals surface area contributed by atoms with Crippen LogP contribution >= 0.6 is 24.0 Å². The number of aromatic nitrogens is 1. The quantitative estimate of drug-likeness (QED) is 0.277. The summed E-state index contributed by atoms with van der Waals surface area (Å²) in [6, 6.07) is 12.0. The van der Waals surface area contributed by atoms with Crippen LogP contribution in [0.5, 0.6) is 0 Å². The Kier molecular flexibility index (Phi) is 10.9. The smallest absolute Gasteiger partial charge is 0.220 e. The van der Waals surface area contributed by atoms with Crippen molar-refractivity contribution >= 4 is 40.0 Å². The van der Waals surface area contributed by atoms with Crippen molar-refractivity contribution in [3.8, 4) is 0 Å². The summed E-state index contributed by atoms with van der Waals surface area (Å²) < 4.78 is 31.5. The molecule has 178 valence electrons. The molecule has 0 spiro atoms. The van der Waals surface area contributed by atoms with Crippen LogP contribution < -0.4 is 5.32 Å². The molecule has 0 unspecified atom stereocenters. The molecule has 9 nitrogen and oxygen atoms in total. The highest BCUT2D eigenvalue weighted by Crippen LogP contribution is 2.13. The van der Waals surface area contributed by atoms with Crippen LogP contribution in [0.4, 0.5) is 0 Å². The largest absolute Gasteiger partial charge is 0.364 e. The lowest BCUT2D eigenvalue weighted by Gasteiger charge is -2.35.